The molecule has 0 atom stereocenters. The number of rotatable bonds is 4. The van der Waals surface area contributed by atoms with Crippen LogP contribution in [0.3, 0.4) is 0 Å². The molecule has 0 radical (unpaired) electrons. The Labute approximate surface area is 287 Å². The largest absolute Gasteiger partial charge is 0.309 e. The maximum atomic E-state index is 10.5. The highest BCUT2D eigenvalue weighted by Gasteiger charge is 2.21. The zero-order valence-corrected chi connectivity index (χ0v) is 26.7. The molecule has 7 aromatic carbocycles. The Balaban J connectivity index is 1.21. The standard InChI is InChI=1S/C45H25N5/c46-26-29-16-22-43-38(24-29)37-12-3-6-15-42(37)50(43)44-23-21-33(27-47)39(28-48)45(44)31-19-17-30(18-20-31)32-8-7-9-34(25-32)49-40-13-4-1-10-35(40)36-11-2-5-14-41(36)49/h1-25H. The molecule has 0 aliphatic carbocycles. The van der Waals surface area contributed by atoms with E-state index in [1.807, 2.05) is 60.7 Å². The monoisotopic (exact) mass is 635 g/mol. The van der Waals surface area contributed by atoms with Gasteiger partial charge in [0.15, 0.2) is 0 Å². The van der Waals surface area contributed by atoms with Gasteiger partial charge in [-0.2, -0.15) is 15.8 Å². The van der Waals surface area contributed by atoms with Crippen molar-refractivity contribution in [2.75, 3.05) is 0 Å². The van der Waals surface area contributed by atoms with Crippen LogP contribution in [-0.4, -0.2) is 9.13 Å². The first-order valence-corrected chi connectivity index (χ1v) is 16.3. The Hall–Kier alpha value is -7.39. The third-order valence-electron chi connectivity index (χ3n) is 9.65. The van der Waals surface area contributed by atoms with Crippen LogP contribution >= 0.6 is 0 Å². The minimum absolute atomic E-state index is 0.321. The van der Waals surface area contributed by atoms with Gasteiger partial charge in [0, 0.05) is 32.8 Å². The van der Waals surface area contributed by atoms with Crippen LogP contribution in [0.15, 0.2) is 152 Å². The van der Waals surface area contributed by atoms with E-state index < -0.39 is 0 Å². The van der Waals surface area contributed by atoms with E-state index in [9.17, 15) is 15.8 Å². The summed E-state index contributed by atoms with van der Waals surface area (Å²) in [6, 6.07) is 58.0. The Kier molecular flexibility index (Phi) is 6.56. The van der Waals surface area contributed by atoms with E-state index >= 15 is 0 Å². The number of hydrogen-bond acceptors (Lipinski definition) is 3. The van der Waals surface area contributed by atoms with Crippen LogP contribution < -0.4 is 0 Å². The Morgan fingerprint density at radius 1 is 0.400 bits per heavy atom. The van der Waals surface area contributed by atoms with E-state index in [2.05, 4.69) is 112 Å². The van der Waals surface area contributed by atoms with Crippen molar-refractivity contribution in [2.45, 2.75) is 0 Å². The summed E-state index contributed by atoms with van der Waals surface area (Å²) in [5.74, 6) is 0. The summed E-state index contributed by atoms with van der Waals surface area (Å²) in [4.78, 5) is 0. The predicted octanol–water partition coefficient (Wildman–Crippen LogP) is 10.8. The molecule has 0 amide bonds. The van der Waals surface area contributed by atoms with Gasteiger partial charge in [0.1, 0.15) is 12.1 Å². The highest BCUT2D eigenvalue weighted by molar-refractivity contribution is 6.11. The first-order valence-electron chi connectivity index (χ1n) is 16.3. The molecule has 2 heterocycles. The first kappa shape index (κ1) is 28.8. The molecule has 0 aliphatic heterocycles. The van der Waals surface area contributed by atoms with Crippen LogP contribution in [0.25, 0.3) is 77.2 Å². The summed E-state index contributed by atoms with van der Waals surface area (Å²) < 4.78 is 4.44. The van der Waals surface area contributed by atoms with Gasteiger partial charge in [-0.05, 0) is 77.4 Å². The number of nitrogens with zero attached hydrogens (tertiary/aromatic N) is 5. The molecule has 50 heavy (non-hydrogen) atoms. The summed E-state index contributed by atoms with van der Waals surface area (Å²) in [6.45, 7) is 0. The van der Waals surface area contributed by atoms with Gasteiger partial charge >= 0.3 is 0 Å². The molecule has 0 fully saturated rings. The van der Waals surface area contributed by atoms with E-state index in [0.717, 1.165) is 60.9 Å². The van der Waals surface area contributed by atoms with Crippen LogP contribution in [0.4, 0.5) is 0 Å². The highest BCUT2D eigenvalue weighted by Crippen LogP contribution is 2.40. The molecule has 9 aromatic rings. The van der Waals surface area contributed by atoms with E-state index in [0.29, 0.717) is 22.3 Å². The van der Waals surface area contributed by atoms with Crippen molar-refractivity contribution in [3.05, 3.63) is 168 Å². The minimum atomic E-state index is 0.321. The maximum absolute atomic E-state index is 10.5. The molecule has 0 saturated carbocycles. The van der Waals surface area contributed by atoms with E-state index in [1.54, 1.807) is 6.07 Å². The fraction of sp³-hybridized carbons (Fsp3) is 0. The second-order valence-electron chi connectivity index (χ2n) is 12.3. The lowest BCUT2D eigenvalue weighted by Gasteiger charge is -2.17. The van der Waals surface area contributed by atoms with Gasteiger partial charge in [-0.25, -0.2) is 0 Å². The molecular formula is C45H25N5. The van der Waals surface area contributed by atoms with Gasteiger partial charge in [0.25, 0.3) is 0 Å². The number of benzene rings is 7. The van der Waals surface area contributed by atoms with Crippen molar-refractivity contribution in [1.29, 1.82) is 15.8 Å². The molecule has 0 unspecified atom stereocenters. The molecule has 2 aromatic heterocycles. The molecule has 0 spiro atoms. The second kappa shape index (κ2) is 11.4. The fourth-order valence-electron chi connectivity index (χ4n) is 7.44. The molecular weight excluding hydrogens is 611 g/mol. The minimum Gasteiger partial charge on any atom is -0.309 e. The lowest BCUT2D eigenvalue weighted by molar-refractivity contribution is 1.17. The number of para-hydroxylation sites is 3. The van der Waals surface area contributed by atoms with E-state index in [4.69, 9.17) is 0 Å². The number of nitriles is 3. The smallest absolute Gasteiger partial charge is 0.101 e. The van der Waals surface area contributed by atoms with Crippen molar-refractivity contribution in [1.82, 2.24) is 9.13 Å². The second-order valence-corrected chi connectivity index (χ2v) is 12.3. The summed E-state index contributed by atoms with van der Waals surface area (Å²) in [5, 5.41) is 34.5. The zero-order valence-electron chi connectivity index (χ0n) is 26.7. The molecule has 0 bridgehead atoms. The van der Waals surface area contributed by atoms with Crippen LogP contribution in [0.5, 0.6) is 0 Å². The van der Waals surface area contributed by atoms with E-state index in [-0.39, 0.29) is 0 Å². The quantitative estimate of drug-likeness (QED) is 0.193. The summed E-state index contributed by atoms with van der Waals surface area (Å²) in [7, 11) is 0. The summed E-state index contributed by atoms with van der Waals surface area (Å²) in [5.41, 5.74) is 10.9. The molecule has 0 N–H and O–H groups in total. The van der Waals surface area contributed by atoms with Gasteiger partial charge in [-0.3, -0.25) is 0 Å². The van der Waals surface area contributed by atoms with Gasteiger partial charge in [-0.15, -0.1) is 0 Å². The first-order chi connectivity index (χ1) is 24.7. The molecule has 9 rings (SSSR count). The maximum Gasteiger partial charge on any atom is 0.101 e. The lowest BCUT2D eigenvalue weighted by Crippen LogP contribution is -2.01. The number of fused-ring (bicyclic) bond motifs is 6. The SMILES string of the molecule is N#Cc1ccc2c(c1)c1ccccc1n2-c1ccc(C#N)c(C#N)c1-c1ccc(-c2cccc(-n3c4ccccc4c4ccccc43)c2)cc1. The molecule has 0 saturated heterocycles. The van der Waals surface area contributed by atoms with E-state index in [1.165, 1.54) is 10.8 Å². The zero-order chi connectivity index (χ0) is 33.8. The van der Waals surface area contributed by atoms with Crippen LogP contribution in [-0.2, 0) is 0 Å². The average Bonchev–Trinajstić information content (AvgIpc) is 3.70. The third-order valence-corrected chi connectivity index (χ3v) is 9.65. The van der Waals surface area contributed by atoms with Crippen molar-refractivity contribution in [2.24, 2.45) is 0 Å². The summed E-state index contributed by atoms with van der Waals surface area (Å²) in [6.07, 6.45) is 0. The van der Waals surface area contributed by atoms with Crippen LogP contribution in [0.2, 0.25) is 0 Å². The van der Waals surface area contributed by atoms with Gasteiger partial charge in [0.05, 0.1) is 50.5 Å². The van der Waals surface area contributed by atoms with Gasteiger partial charge in [-0.1, -0.05) is 91.0 Å². The Morgan fingerprint density at radius 3 is 1.64 bits per heavy atom. The van der Waals surface area contributed by atoms with Crippen LogP contribution in [0, 0.1) is 34.0 Å². The third kappa shape index (κ3) is 4.31. The Bertz CT molecular complexity index is 2900. The lowest BCUT2D eigenvalue weighted by atomic mass is 9.93. The molecule has 0 aliphatic rings. The molecule has 230 valence electrons. The van der Waals surface area contributed by atoms with Gasteiger partial charge < -0.3 is 9.13 Å². The number of hydrogen-bond donors (Lipinski definition) is 0. The molecule has 5 nitrogen and oxygen atoms in total. The normalized spacial score (nSPS) is 11.1. The highest BCUT2D eigenvalue weighted by atomic mass is 15.0. The number of aromatic nitrogens is 2. The Morgan fingerprint density at radius 2 is 1.00 bits per heavy atom. The predicted molar refractivity (Wildman–Crippen MR) is 200 cm³/mol. The van der Waals surface area contributed by atoms with Crippen molar-refractivity contribution in [3.8, 4) is 51.8 Å². The van der Waals surface area contributed by atoms with Gasteiger partial charge in [0.2, 0.25) is 0 Å². The summed E-state index contributed by atoms with van der Waals surface area (Å²) >= 11 is 0. The topological polar surface area (TPSA) is 81.2 Å². The fourth-order valence-corrected chi connectivity index (χ4v) is 7.44. The average molecular weight is 636 g/mol. The van der Waals surface area contributed by atoms with Crippen molar-refractivity contribution < 1.29 is 0 Å². The van der Waals surface area contributed by atoms with Crippen molar-refractivity contribution >= 4 is 43.6 Å². The van der Waals surface area contributed by atoms with Crippen LogP contribution in [0.1, 0.15) is 16.7 Å². The van der Waals surface area contributed by atoms with Crippen molar-refractivity contribution in [3.63, 3.8) is 0 Å². The molecule has 5 heteroatoms.